The smallest absolute Gasteiger partial charge is 0.122 e. The van der Waals surface area contributed by atoms with Crippen molar-refractivity contribution in [2.45, 2.75) is 49.8 Å². The topological polar surface area (TPSA) is 111 Å². The van der Waals surface area contributed by atoms with Gasteiger partial charge < -0.3 is 35.2 Å². The average molecular weight is 415 g/mol. The van der Waals surface area contributed by atoms with Crippen molar-refractivity contribution in [1.29, 1.82) is 0 Å². The molecule has 2 aromatic carbocycles. The lowest BCUT2D eigenvalue weighted by atomic mass is 9.89. The SMILES string of the molecule is COc1ccc([C@@H]2O[C@H](CO)[C@@H](O)[C@H](O)[C@H]2O)cc1Cc1ccc2c(c1)NCCC2. The highest BCUT2D eigenvalue weighted by Crippen LogP contribution is 2.35. The van der Waals surface area contributed by atoms with E-state index in [1.54, 1.807) is 13.2 Å². The number of methoxy groups -OCH3 is 1. The molecule has 7 nitrogen and oxygen atoms in total. The first kappa shape index (κ1) is 21.1. The molecule has 0 radical (unpaired) electrons. The van der Waals surface area contributed by atoms with E-state index in [2.05, 4.69) is 23.5 Å². The summed E-state index contributed by atoms with van der Waals surface area (Å²) in [5, 5.41) is 43.5. The maximum absolute atomic E-state index is 10.5. The summed E-state index contributed by atoms with van der Waals surface area (Å²) >= 11 is 0. The van der Waals surface area contributed by atoms with Crippen LogP contribution in [-0.2, 0) is 17.6 Å². The molecule has 30 heavy (non-hydrogen) atoms. The second-order valence-corrected chi connectivity index (χ2v) is 8.02. The molecule has 0 spiro atoms. The maximum Gasteiger partial charge on any atom is 0.122 e. The number of rotatable bonds is 5. The van der Waals surface area contributed by atoms with Gasteiger partial charge in [-0.25, -0.2) is 0 Å². The van der Waals surface area contributed by atoms with Gasteiger partial charge in [0.1, 0.15) is 36.3 Å². The standard InChI is InChI=1S/C23H29NO6/c1-29-18-7-6-15(23-22(28)21(27)20(26)19(12-25)30-23)11-16(18)9-13-4-5-14-3-2-8-24-17(14)10-13/h4-7,10-11,19-28H,2-3,8-9,12H2,1H3/t19-,20-,21+,22-,23+/m1/s1. The average Bonchev–Trinajstić information content (AvgIpc) is 2.77. The van der Waals surface area contributed by atoms with Crippen LogP contribution in [0, 0.1) is 0 Å². The Hall–Kier alpha value is -2.16. The highest BCUT2D eigenvalue weighted by molar-refractivity contribution is 5.56. The van der Waals surface area contributed by atoms with Crippen LogP contribution in [-0.4, -0.2) is 65.1 Å². The van der Waals surface area contributed by atoms with Gasteiger partial charge in [-0.05, 0) is 53.3 Å². The Balaban J connectivity index is 1.62. The van der Waals surface area contributed by atoms with Crippen molar-refractivity contribution in [2.24, 2.45) is 0 Å². The molecule has 4 rings (SSSR count). The summed E-state index contributed by atoms with van der Waals surface area (Å²) in [6, 6.07) is 11.9. The Morgan fingerprint density at radius 3 is 2.67 bits per heavy atom. The second-order valence-electron chi connectivity index (χ2n) is 8.02. The van der Waals surface area contributed by atoms with Crippen molar-refractivity contribution in [3.8, 4) is 5.75 Å². The van der Waals surface area contributed by atoms with Gasteiger partial charge in [-0.1, -0.05) is 18.2 Å². The van der Waals surface area contributed by atoms with Crippen LogP contribution in [0.3, 0.4) is 0 Å². The summed E-state index contributed by atoms with van der Waals surface area (Å²) in [5.74, 6) is 0.717. The van der Waals surface area contributed by atoms with E-state index < -0.39 is 37.1 Å². The predicted molar refractivity (Wildman–Crippen MR) is 112 cm³/mol. The molecular weight excluding hydrogens is 386 g/mol. The number of fused-ring (bicyclic) bond motifs is 1. The summed E-state index contributed by atoms with van der Waals surface area (Å²) < 4.78 is 11.2. The number of aliphatic hydroxyl groups excluding tert-OH is 4. The van der Waals surface area contributed by atoms with Crippen LogP contribution in [0.25, 0.3) is 0 Å². The van der Waals surface area contributed by atoms with Gasteiger partial charge in [0.15, 0.2) is 0 Å². The third-order valence-electron chi connectivity index (χ3n) is 6.03. The Morgan fingerprint density at radius 2 is 1.90 bits per heavy atom. The molecule has 2 aliphatic heterocycles. The van der Waals surface area contributed by atoms with Crippen molar-refractivity contribution >= 4 is 5.69 Å². The van der Waals surface area contributed by atoms with Crippen LogP contribution >= 0.6 is 0 Å². The highest BCUT2D eigenvalue weighted by Gasteiger charge is 2.44. The Bertz CT molecular complexity index is 886. The molecule has 0 bridgehead atoms. The summed E-state index contributed by atoms with van der Waals surface area (Å²) in [6.45, 7) is 0.527. The van der Waals surface area contributed by atoms with Gasteiger partial charge in [0.2, 0.25) is 0 Å². The first-order valence-corrected chi connectivity index (χ1v) is 10.3. The molecule has 1 fully saturated rings. The zero-order chi connectivity index (χ0) is 21.3. The molecule has 0 aliphatic carbocycles. The van der Waals surface area contributed by atoms with Gasteiger partial charge in [-0.15, -0.1) is 0 Å². The number of anilines is 1. The number of nitrogens with one attached hydrogen (secondary N) is 1. The van der Waals surface area contributed by atoms with Crippen molar-refractivity contribution < 1.29 is 29.9 Å². The molecule has 5 atom stereocenters. The molecule has 2 aliphatic rings. The fourth-order valence-electron chi connectivity index (χ4n) is 4.33. The van der Waals surface area contributed by atoms with Crippen LogP contribution in [0.5, 0.6) is 5.75 Å². The minimum atomic E-state index is -1.40. The first-order chi connectivity index (χ1) is 14.5. The van der Waals surface area contributed by atoms with Crippen LogP contribution < -0.4 is 10.1 Å². The predicted octanol–water partition coefficient (Wildman–Crippen LogP) is 1.16. The summed E-state index contributed by atoms with van der Waals surface area (Å²) in [7, 11) is 1.61. The van der Waals surface area contributed by atoms with Gasteiger partial charge in [0.25, 0.3) is 0 Å². The zero-order valence-corrected chi connectivity index (χ0v) is 17.0. The number of ether oxygens (including phenoxy) is 2. The van der Waals surface area contributed by atoms with E-state index in [1.807, 2.05) is 12.1 Å². The van der Waals surface area contributed by atoms with E-state index in [-0.39, 0.29) is 0 Å². The second kappa shape index (κ2) is 8.91. The zero-order valence-electron chi connectivity index (χ0n) is 17.0. The molecule has 5 N–H and O–H groups in total. The third-order valence-corrected chi connectivity index (χ3v) is 6.03. The molecule has 2 heterocycles. The molecule has 0 aromatic heterocycles. The highest BCUT2D eigenvalue weighted by atomic mass is 16.5. The monoisotopic (exact) mass is 415 g/mol. The van der Waals surface area contributed by atoms with Gasteiger partial charge in [-0.2, -0.15) is 0 Å². The van der Waals surface area contributed by atoms with Gasteiger partial charge in [0, 0.05) is 18.7 Å². The van der Waals surface area contributed by atoms with Crippen LogP contribution in [0.15, 0.2) is 36.4 Å². The van der Waals surface area contributed by atoms with Crippen molar-refractivity contribution in [2.75, 3.05) is 25.6 Å². The van der Waals surface area contributed by atoms with E-state index in [9.17, 15) is 20.4 Å². The molecule has 0 saturated carbocycles. The largest absolute Gasteiger partial charge is 0.496 e. The van der Waals surface area contributed by atoms with Crippen molar-refractivity contribution in [1.82, 2.24) is 0 Å². The Morgan fingerprint density at radius 1 is 1.07 bits per heavy atom. The van der Waals surface area contributed by atoms with Crippen molar-refractivity contribution in [3.05, 3.63) is 58.7 Å². The lowest BCUT2D eigenvalue weighted by Crippen LogP contribution is -2.55. The molecule has 2 aromatic rings. The summed E-state index contributed by atoms with van der Waals surface area (Å²) in [5.41, 5.74) is 5.20. The Labute approximate surface area is 175 Å². The van der Waals surface area contributed by atoms with E-state index in [0.29, 0.717) is 17.7 Å². The van der Waals surface area contributed by atoms with Crippen LogP contribution in [0.1, 0.15) is 34.8 Å². The molecule has 162 valence electrons. The Kier molecular flexibility index (Phi) is 6.26. The van der Waals surface area contributed by atoms with Gasteiger partial charge in [0.05, 0.1) is 13.7 Å². The summed E-state index contributed by atoms with van der Waals surface area (Å²) in [4.78, 5) is 0. The van der Waals surface area contributed by atoms with Crippen molar-refractivity contribution in [3.63, 3.8) is 0 Å². The minimum Gasteiger partial charge on any atom is -0.496 e. The number of hydrogen-bond acceptors (Lipinski definition) is 7. The molecule has 0 amide bonds. The van der Waals surface area contributed by atoms with E-state index in [0.717, 1.165) is 30.5 Å². The maximum atomic E-state index is 10.5. The fraction of sp³-hybridized carbons (Fsp3) is 0.478. The fourth-order valence-corrected chi connectivity index (χ4v) is 4.33. The minimum absolute atomic E-state index is 0.452. The lowest BCUT2D eigenvalue weighted by Gasteiger charge is -2.40. The normalized spacial score (nSPS) is 28.5. The van der Waals surface area contributed by atoms with Crippen LogP contribution in [0.2, 0.25) is 0 Å². The van der Waals surface area contributed by atoms with Gasteiger partial charge in [-0.3, -0.25) is 0 Å². The number of benzene rings is 2. The number of aryl methyl sites for hydroxylation is 1. The molecular formula is C23H29NO6. The quantitative estimate of drug-likeness (QED) is 0.498. The lowest BCUT2D eigenvalue weighted by molar-refractivity contribution is -0.231. The summed E-state index contributed by atoms with van der Waals surface area (Å²) in [6.07, 6.45) is -3.04. The number of hydrogen-bond donors (Lipinski definition) is 5. The van der Waals surface area contributed by atoms with Gasteiger partial charge >= 0.3 is 0 Å². The number of aliphatic hydroxyl groups is 4. The van der Waals surface area contributed by atoms with Crippen LogP contribution in [0.4, 0.5) is 5.69 Å². The molecule has 1 saturated heterocycles. The first-order valence-electron chi connectivity index (χ1n) is 10.3. The van der Waals surface area contributed by atoms with E-state index in [1.165, 1.54) is 11.3 Å². The van der Waals surface area contributed by atoms with E-state index >= 15 is 0 Å². The van der Waals surface area contributed by atoms with E-state index in [4.69, 9.17) is 9.47 Å². The third kappa shape index (κ3) is 4.04. The molecule has 0 unspecified atom stereocenters. The molecule has 7 heteroatoms.